The van der Waals surface area contributed by atoms with Crippen molar-refractivity contribution in [3.63, 3.8) is 0 Å². The normalized spacial score (nSPS) is 12.1. The van der Waals surface area contributed by atoms with Crippen molar-refractivity contribution in [1.82, 2.24) is 9.97 Å². The first-order chi connectivity index (χ1) is 10.8. The predicted octanol–water partition coefficient (Wildman–Crippen LogP) is 6.69. The number of aromatic amines is 1. The van der Waals surface area contributed by atoms with E-state index >= 15 is 0 Å². The minimum atomic E-state index is -4.60. The number of aromatic nitrogens is 2. The summed E-state index contributed by atoms with van der Waals surface area (Å²) in [6, 6.07) is 8.22. The van der Waals surface area contributed by atoms with Crippen molar-refractivity contribution in [1.29, 1.82) is 0 Å². The fourth-order valence-corrected chi connectivity index (χ4v) is 3.59. The molecule has 23 heavy (non-hydrogen) atoms. The molecule has 0 amide bonds. The molecule has 0 aliphatic carbocycles. The molecule has 0 saturated heterocycles. The van der Waals surface area contributed by atoms with E-state index in [0.717, 1.165) is 4.90 Å². The topological polar surface area (TPSA) is 28.7 Å². The average molecular weight is 398 g/mol. The van der Waals surface area contributed by atoms with Gasteiger partial charge in [0, 0.05) is 9.92 Å². The van der Waals surface area contributed by atoms with E-state index in [1.165, 1.54) is 17.8 Å². The molecular weight excluding hydrogens is 392 g/mol. The lowest BCUT2D eigenvalue weighted by molar-refractivity contribution is -0.144. The zero-order chi connectivity index (χ0) is 16.8. The van der Waals surface area contributed by atoms with Crippen LogP contribution in [0.25, 0.3) is 11.0 Å². The van der Waals surface area contributed by atoms with Crippen LogP contribution in [-0.4, -0.2) is 9.97 Å². The Morgan fingerprint density at radius 2 is 1.65 bits per heavy atom. The molecular formula is C14H6Cl3F3N2S. The van der Waals surface area contributed by atoms with E-state index in [1.54, 1.807) is 24.3 Å². The quantitative estimate of drug-likeness (QED) is 0.521. The molecule has 0 unspecified atom stereocenters. The summed E-state index contributed by atoms with van der Waals surface area (Å²) < 4.78 is 38.6. The molecule has 0 aliphatic heterocycles. The molecule has 0 saturated carbocycles. The molecule has 0 bridgehead atoms. The standard InChI is InChI=1S/C14H6Cl3F3N2S/c15-6-1-3-7(4-2-6)23-12-9(17)5-8(16)10-11(12)22-13(21-10)14(18,19)20/h1-5H,(H,21,22). The number of imidazole rings is 1. The van der Waals surface area contributed by atoms with Crippen LogP contribution < -0.4 is 0 Å². The summed E-state index contributed by atoms with van der Waals surface area (Å²) in [7, 11) is 0. The fourth-order valence-electron chi connectivity index (χ4n) is 1.93. The molecule has 2 nitrogen and oxygen atoms in total. The second kappa shape index (κ2) is 6.09. The summed E-state index contributed by atoms with van der Waals surface area (Å²) in [6.07, 6.45) is -4.60. The summed E-state index contributed by atoms with van der Waals surface area (Å²) >= 11 is 19.1. The van der Waals surface area contributed by atoms with Crippen LogP contribution in [0.5, 0.6) is 0 Å². The van der Waals surface area contributed by atoms with Crippen LogP contribution in [0.2, 0.25) is 15.1 Å². The van der Waals surface area contributed by atoms with Gasteiger partial charge in [-0.25, -0.2) is 4.98 Å². The summed E-state index contributed by atoms with van der Waals surface area (Å²) in [6.45, 7) is 0. The maximum Gasteiger partial charge on any atom is 0.449 e. The second-order valence-electron chi connectivity index (χ2n) is 4.53. The molecule has 3 aromatic rings. The van der Waals surface area contributed by atoms with E-state index in [9.17, 15) is 13.2 Å². The minimum Gasteiger partial charge on any atom is -0.333 e. The number of H-pyrrole nitrogens is 1. The lowest BCUT2D eigenvalue weighted by Crippen LogP contribution is -2.06. The number of alkyl halides is 3. The molecule has 2 aromatic carbocycles. The molecule has 0 fully saturated rings. The zero-order valence-corrected chi connectivity index (χ0v) is 14.1. The van der Waals surface area contributed by atoms with Gasteiger partial charge in [0.2, 0.25) is 5.82 Å². The maximum atomic E-state index is 12.9. The second-order valence-corrected chi connectivity index (χ2v) is 6.87. The van der Waals surface area contributed by atoms with Crippen molar-refractivity contribution in [2.45, 2.75) is 16.0 Å². The molecule has 9 heteroatoms. The Morgan fingerprint density at radius 1 is 1.00 bits per heavy atom. The molecule has 1 N–H and O–H groups in total. The molecule has 0 spiro atoms. The highest BCUT2D eigenvalue weighted by Gasteiger charge is 2.35. The molecule has 1 aromatic heterocycles. The Morgan fingerprint density at radius 3 is 2.26 bits per heavy atom. The van der Waals surface area contributed by atoms with Crippen molar-refractivity contribution in [2.24, 2.45) is 0 Å². The number of benzene rings is 2. The Labute approximate surface area is 147 Å². The first-order valence-electron chi connectivity index (χ1n) is 6.14. The van der Waals surface area contributed by atoms with Crippen LogP contribution in [-0.2, 0) is 6.18 Å². The fraction of sp³-hybridized carbons (Fsp3) is 0.0714. The van der Waals surface area contributed by atoms with Crippen LogP contribution >= 0.6 is 46.6 Å². The molecule has 0 aliphatic rings. The summed E-state index contributed by atoms with van der Waals surface area (Å²) in [5, 5.41) is 0.847. The van der Waals surface area contributed by atoms with Gasteiger partial charge in [-0.2, -0.15) is 13.2 Å². The van der Waals surface area contributed by atoms with E-state index in [0.29, 0.717) is 9.92 Å². The number of hydrogen-bond acceptors (Lipinski definition) is 2. The number of fused-ring (bicyclic) bond motifs is 1. The molecule has 3 rings (SSSR count). The van der Waals surface area contributed by atoms with Gasteiger partial charge in [-0.05, 0) is 30.3 Å². The summed E-state index contributed by atoms with van der Waals surface area (Å²) in [4.78, 5) is 6.98. The number of rotatable bonds is 2. The van der Waals surface area contributed by atoms with Crippen LogP contribution in [0, 0.1) is 0 Å². The lowest BCUT2D eigenvalue weighted by atomic mass is 10.3. The summed E-state index contributed by atoms with van der Waals surface area (Å²) in [5.74, 6) is -1.12. The van der Waals surface area contributed by atoms with Crippen molar-refractivity contribution in [3.8, 4) is 0 Å². The summed E-state index contributed by atoms with van der Waals surface area (Å²) in [5.41, 5.74) is 0.176. The third-order valence-electron chi connectivity index (χ3n) is 2.93. The molecule has 1 heterocycles. The monoisotopic (exact) mass is 396 g/mol. The Balaban J connectivity index is 2.15. The predicted molar refractivity (Wildman–Crippen MR) is 86.7 cm³/mol. The van der Waals surface area contributed by atoms with Gasteiger partial charge in [0.1, 0.15) is 5.52 Å². The first-order valence-corrected chi connectivity index (χ1v) is 8.09. The zero-order valence-electron chi connectivity index (χ0n) is 11.0. The smallest absolute Gasteiger partial charge is 0.333 e. The molecule has 120 valence electrons. The highest BCUT2D eigenvalue weighted by Crippen LogP contribution is 2.42. The maximum absolute atomic E-state index is 12.9. The number of hydrogen-bond donors (Lipinski definition) is 1. The minimum absolute atomic E-state index is 0.0276. The third kappa shape index (κ3) is 3.40. The lowest BCUT2D eigenvalue weighted by Gasteiger charge is -2.07. The van der Waals surface area contributed by atoms with E-state index in [4.69, 9.17) is 34.8 Å². The van der Waals surface area contributed by atoms with E-state index in [1.807, 2.05) is 0 Å². The van der Waals surface area contributed by atoms with Crippen molar-refractivity contribution in [2.75, 3.05) is 0 Å². The number of halogens is 6. The van der Waals surface area contributed by atoms with Gasteiger partial charge >= 0.3 is 6.18 Å². The highest BCUT2D eigenvalue weighted by molar-refractivity contribution is 7.99. The van der Waals surface area contributed by atoms with Crippen LogP contribution in [0.15, 0.2) is 40.1 Å². The van der Waals surface area contributed by atoms with Crippen LogP contribution in [0.1, 0.15) is 5.82 Å². The Bertz CT molecular complexity index is 876. The van der Waals surface area contributed by atoms with Crippen LogP contribution in [0.4, 0.5) is 13.2 Å². The van der Waals surface area contributed by atoms with Gasteiger partial charge < -0.3 is 4.98 Å². The van der Waals surface area contributed by atoms with Gasteiger partial charge in [-0.15, -0.1) is 0 Å². The van der Waals surface area contributed by atoms with Crippen molar-refractivity contribution < 1.29 is 13.2 Å². The molecule has 0 radical (unpaired) electrons. The van der Waals surface area contributed by atoms with E-state index < -0.39 is 12.0 Å². The largest absolute Gasteiger partial charge is 0.449 e. The number of nitrogens with zero attached hydrogens (tertiary/aromatic N) is 1. The molecule has 0 atom stereocenters. The Kier molecular flexibility index (Phi) is 4.44. The highest BCUT2D eigenvalue weighted by atomic mass is 35.5. The van der Waals surface area contributed by atoms with Gasteiger partial charge in [0.15, 0.2) is 0 Å². The van der Waals surface area contributed by atoms with Gasteiger partial charge in [0.05, 0.1) is 20.5 Å². The van der Waals surface area contributed by atoms with Gasteiger partial charge in [-0.1, -0.05) is 46.6 Å². The van der Waals surface area contributed by atoms with Crippen LogP contribution in [0.3, 0.4) is 0 Å². The van der Waals surface area contributed by atoms with E-state index in [-0.39, 0.29) is 21.1 Å². The first kappa shape index (κ1) is 16.8. The number of nitrogens with one attached hydrogen (secondary N) is 1. The van der Waals surface area contributed by atoms with E-state index in [2.05, 4.69) is 9.97 Å². The van der Waals surface area contributed by atoms with Gasteiger partial charge in [0.25, 0.3) is 0 Å². The Hall–Kier alpha value is -1.08. The SMILES string of the molecule is FC(F)(F)c1nc2c(Cl)cc(Cl)c(Sc3ccc(Cl)cc3)c2[nH]1. The third-order valence-corrected chi connectivity index (χ3v) is 5.02. The van der Waals surface area contributed by atoms with Crippen molar-refractivity contribution >= 4 is 57.6 Å². The van der Waals surface area contributed by atoms with Gasteiger partial charge in [-0.3, -0.25) is 0 Å². The average Bonchev–Trinajstić information content (AvgIpc) is 2.91. The van der Waals surface area contributed by atoms with Crippen molar-refractivity contribution in [3.05, 3.63) is 51.2 Å².